The summed E-state index contributed by atoms with van der Waals surface area (Å²) >= 11 is 0. The average Bonchev–Trinajstić information content (AvgIpc) is 3.10. The van der Waals surface area contributed by atoms with Crippen molar-refractivity contribution in [3.05, 3.63) is 52.2 Å². The number of aliphatic hydroxyl groups excluding tert-OH is 1. The molecule has 30 heavy (non-hydrogen) atoms. The van der Waals surface area contributed by atoms with Crippen molar-refractivity contribution in [2.75, 3.05) is 13.7 Å². The van der Waals surface area contributed by atoms with Gasteiger partial charge in [0.1, 0.15) is 11.6 Å². The van der Waals surface area contributed by atoms with Crippen LogP contribution >= 0.6 is 0 Å². The van der Waals surface area contributed by atoms with E-state index in [-0.39, 0.29) is 6.61 Å². The lowest BCUT2D eigenvalue weighted by atomic mass is 10.1. The van der Waals surface area contributed by atoms with Crippen molar-refractivity contribution in [3.63, 3.8) is 0 Å². The molecular weight excluding hydrogens is 376 g/mol. The van der Waals surface area contributed by atoms with Gasteiger partial charge in [-0.3, -0.25) is 0 Å². The molecule has 6 nitrogen and oxygen atoms in total. The maximum absolute atomic E-state index is 9.40. The molecule has 0 saturated heterocycles. The predicted molar refractivity (Wildman–Crippen MR) is 125 cm³/mol. The molecule has 0 aliphatic rings. The van der Waals surface area contributed by atoms with Gasteiger partial charge in [-0.05, 0) is 35.8 Å². The molecule has 0 aliphatic heterocycles. The van der Waals surface area contributed by atoms with E-state index in [0.717, 1.165) is 59.1 Å². The van der Waals surface area contributed by atoms with Gasteiger partial charge in [0.15, 0.2) is 5.82 Å². The minimum atomic E-state index is -0.0144. The lowest BCUT2D eigenvalue weighted by Crippen LogP contribution is -2.36. The molecule has 1 aromatic carbocycles. The van der Waals surface area contributed by atoms with Crippen LogP contribution in [0.1, 0.15) is 57.1 Å². The van der Waals surface area contributed by atoms with Crippen LogP contribution in [0.15, 0.2) is 35.5 Å². The van der Waals surface area contributed by atoms with Gasteiger partial charge in [-0.15, -0.1) is 0 Å². The Kier molecular flexibility index (Phi) is 9.48. The van der Waals surface area contributed by atoms with E-state index in [2.05, 4.69) is 30.3 Å². The summed E-state index contributed by atoms with van der Waals surface area (Å²) in [6.07, 6.45) is 7.12. The molecule has 164 valence electrons. The number of nitrogens with two attached hydrogens (primary N) is 1. The minimum Gasteiger partial charge on any atom is -0.496 e. The number of benzene rings is 1. The van der Waals surface area contributed by atoms with Gasteiger partial charge < -0.3 is 25.5 Å². The van der Waals surface area contributed by atoms with E-state index in [1.165, 1.54) is 12.8 Å². The van der Waals surface area contributed by atoms with Crippen LogP contribution < -0.4 is 26.4 Å². The quantitative estimate of drug-likeness (QED) is 0.284. The molecule has 6 heteroatoms. The van der Waals surface area contributed by atoms with Crippen molar-refractivity contribution in [2.45, 2.75) is 59.1 Å². The highest BCUT2D eigenvalue weighted by Crippen LogP contribution is 2.21. The van der Waals surface area contributed by atoms with Crippen LogP contribution in [-0.2, 0) is 13.2 Å². The third kappa shape index (κ3) is 6.39. The van der Waals surface area contributed by atoms with E-state index >= 15 is 0 Å². The number of methoxy groups -OCH3 is 1. The van der Waals surface area contributed by atoms with Gasteiger partial charge in [-0.2, -0.15) is 0 Å². The number of hydrogen-bond donors (Lipinski definition) is 3. The highest BCUT2D eigenvalue weighted by Gasteiger charge is 2.09. The molecule has 0 aliphatic carbocycles. The Balaban J connectivity index is 2.49. The van der Waals surface area contributed by atoms with Crippen LogP contribution in [-0.4, -0.2) is 29.2 Å². The van der Waals surface area contributed by atoms with Crippen molar-refractivity contribution >= 4 is 18.2 Å². The monoisotopic (exact) mass is 412 g/mol. The van der Waals surface area contributed by atoms with Gasteiger partial charge in [0, 0.05) is 24.7 Å². The molecule has 0 fully saturated rings. The molecule has 0 atom stereocenters. The van der Waals surface area contributed by atoms with E-state index in [0.29, 0.717) is 12.4 Å². The molecule has 4 N–H and O–H groups in total. The average molecular weight is 413 g/mol. The summed E-state index contributed by atoms with van der Waals surface area (Å²) in [5.74, 6) is 2.13. The SMILES string of the molecule is C=c1ccn(Cc2ccc(CO)cc2OC)/c1=C(/N=C(/N)CCC)NCCCCC. The molecule has 1 heterocycles. The zero-order valence-electron chi connectivity index (χ0n) is 18.6. The highest BCUT2D eigenvalue weighted by atomic mass is 16.5. The van der Waals surface area contributed by atoms with E-state index in [4.69, 9.17) is 15.5 Å². The number of aliphatic imine (C=N–C) groups is 1. The number of aliphatic hydroxyl groups is 1. The van der Waals surface area contributed by atoms with Crippen LogP contribution in [0.4, 0.5) is 0 Å². The van der Waals surface area contributed by atoms with Crippen LogP contribution in [0.3, 0.4) is 0 Å². The Morgan fingerprint density at radius 3 is 2.70 bits per heavy atom. The predicted octanol–water partition coefficient (Wildman–Crippen LogP) is 2.45. The second-order valence-electron chi connectivity index (χ2n) is 7.46. The smallest absolute Gasteiger partial charge is 0.152 e. The van der Waals surface area contributed by atoms with Gasteiger partial charge in [-0.25, -0.2) is 4.99 Å². The van der Waals surface area contributed by atoms with Crippen LogP contribution in [0.5, 0.6) is 5.75 Å². The van der Waals surface area contributed by atoms with Crippen molar-refractivity contribution < 1.29 is 9.84 Å². The standard InChI is InChI=1S/C24H36N4O2/c1-5-7-8-13-26-24(27-22(25)9-6-2)23-18(3)12-14-28(23)16-20-11-10-19(17-29)15-21(20)30-4/h10-12,14-15,26,29H,3,5-9,13,16-17H2,1-2,4H3,(H2,25,27)/b24-23+. The summed E-state index contributed by atoms with van der Waals surface area (Å²) in [7, 11) is 1.64. The number of amidine groups is 1. The summed E-state index contributed by atoms with van der Waals surface area (Å²) in [6.45, 7) is 9.92. The minimum absolute atomic E-state index is 0.0144. The normalized spacial score (nSPS) is 12.7. The summed E-state index contributed by atoms with van der Waals surface area (Å²) in [4.78, 5) is 4.71. The van der Waals surface area contributed by atoms with Crippen molar-refractivity contribution in [1.82, 2.24) is 9.88 Å². The third-order valence-electron chi connectivity index (χ3n) is 4.98. The first-order valence-corrected chi connectivity index (χ1v) is 10.8. The largest absolute Gasteiger partial charge is 0.496 e. The summed E-state index contributed by atoms with van der Waals surface area (Å²) in [6, 6.07) is 7.76. The Labute approximate surface area is 179 Å². The van der Waals surface area contributed by atoms with E-state index < -0.39 is 0 Å². The van der Waals surface area contributed by atoms with Crippen LogP contribution in [0, 0.1) is 0 Å². The number of hydrogen-bond acceptors (Lipinski definition) is 4. The number of nitrogens with one attached hydrogen (secondary N) is 1. The summed E-state index contributed by atoms with van der Waals surface area (Å²) < 4.78 is 7.66. The first kappa shape index (κ1) is 23.5. The molecule has 0 amide bonds. The first-order chi connectivity index (χ1) is 14.5. The molecule has 0 unspecified atom stereocenters. The number of unbranched alkanes of at least 4 members (excludes halogenated alkanes) is 2. The highest BCUT2D eigenvalue weighted by molar-refractivity contribution is 5.83. The molecule has 0 radical (unpaired) electrons. The molecule has 0 saturated carbocycles. The number of ether oxygens (including phenoxy) is 1. The Hall–Kier alpha value is -2.73. The number of rotatable bonds is 12. The second-order valence-corrected chi connectivity index (χ2v) is 7.46. The van der Waals surface area contributed by atoms with E-state index in [1.54, 1.807) is 7.11 Å². The van der Waals surface area contributed by atoms with E-state index in [9.17, 15) is 5.11 Å². The number of nitrogens with zero attached hydrogens (tertiary/aromatic N) is 2. The maximum atomic E-state index is 9.40. The first-order valence-electron chi connectivity index (χ1n) is 10.8. The van der Waals surface area contributed by atoms with Gasteiger partial charge in [0.25, 0.3) is 0 Å². The molecule has 2 rings (SSSR count). The van der Waals surface area contributed by atoms with E-state index in [1.807, 2.05) is 30.5 Å². The van der Waals surface area contributed by atoms with Gasteiger partial charge in [0.05, 0.1) is 25.6 Å². The van der Waals surface area contributed by atoms with Gasteiger partial charge >= 0.3 is 0 Å². The fraction of sp³-hybridized carbons (Fsp3) is 0.458. The Morgan fingerprint density at radius 2 is 2.03 bits per heavy atom. The Bertz CT molecular complexity index is 947. The Morgan fingerprint density at radius 1 is 1.23 bits per heavy atom. The fourth-order valence-corrected chi connectivity index (χ4v) is 3.35. The van der Waals surface area contributed by atoms with Crippen molar-refractivity contribution in [3.8, 4) is 5.75 Å². The van der Waals surface area contributed by atoms with Crippen molar-refractivity contribution in [2.24, 2.45) is 10.7 Å². The molecule has 0 bridgehead atoms. The zero-order valence-corrected chi connectivity index (χ0v) is 18.6. The van der Waals surface area contributed by atoms with Crippen LogP contribution in [0.2, 0.25) is 0 Å². The molecule has 1 aromatic heterocycles. The lowest BCUT2D eigenvalue weighted by molar-refractivity contribution is 0.281. The topological polar surface area (TPSA) is 84.8 Å². The molecule has 0 spiro atoms. The van der Waals surface area contributed by atoms with Crippen LogP contribution in [0.25, 0.3) is 12.4 Å². The number of aromatic nitrogens is 1. The summed E-state index contributed by atoms with van der Waals surface area (Å²) in [5, 5.41) is 14.7. The van der Waals surface area contributed by atoms with Gasteiger partial charge in [-0.1, -0.05) is 45.4 Å². The second kappa shape index (κ2) is 12.1. The van der Waals surface area contributed by atoms with Gasteiger partial charge in [0.2, 0.25) is 0 Å². The van der Waals surface area contributed by atoms with Crippen molar-refractivity contribution in [1.29, 1.82) is 0 Å². The lowest BCUT2D eigenvalue weighted by Gasteiger charge is -2.13. The summed E-state index contributed by atoms with van der Waals surface area (Å²) in [5.41, 5.74) is 8.01. The maximum Gasteiger partial charge on any atom is 0.152 e. The zero-order chi connectivity index (χ0) is 21.9. The molecular formula is C24H36N4O2. The fourth-order valence-electron chi connectivity index (χ4n) is 3.35. The molecule has 2 aromatic rings. The third-order valence-corrected chi connectivity index (χ3v) is 4.98.